The third-order valence-electron chi connectivity index (χ3n) is 4.85. The standard InChI is InChI=1S/C20H27N3O4/c1-20(2,3)27-19(26)22-10-7-14(8-11-22)15-5-4-6-16(13-15)23-12-9-17(24)21-18(23)25/h4-6,13-14H,7-12H2,1-3H3,(H,21,24,25). The summed E-state index contributed by atoms with van der Waals surface area (Å²) < 4.78 is 5.45. The molecule has 0 unspecified atom stereocenters. The van der Waals surface area contributed by atoms with Crippen molar-refractivity contribution in [2.24, 2.45) is 0 Å². The predicted molar refractivity (Wildman–Crippen MR) is 102 cm³/mol. The Bertz CT molecular complexity index is 733. The number of carbonyl (C=O) groups is 3. The minimum Gasteiger partial charge on any atom is -0.444 e. The van der Waals surface area contributed by atoms with Gasteiger partial charge >= 0.3 is 12.1 Å². The summed E-state index contributed by atoms with van der Waals surface area (Å²) in [4.78, 5) is 39.0. The van der Waals surface area contributed by atoms with Crippen LogP contribution < -0.4 is 10.2 Å². The van der Waals surface area contributed by atoms with E-state index in [1.165, 1.54) is 0 Å². The quantitative estimate of drug-likeness (QED) is 0.863. The van der Waals surface area contributed by atoms with E-state index < -0.39 is 5.60 Å². The number of carbonyl (C=O) groups excluding carboxylic acids is 3. The summed E-state index contributed by atoms with van der Waals surface area (Å²) >= 11 is 0. The Morgan fingerprint density at radius 1 is 1.15 bits per heavy atom. The molecule has 2 heterocycles. The van der Waals surface area contributed by atoms with E-state index in [9.17, 15) is 14.4 Å². The summed E-state index contributed by atoms with van der Waals surface area (Å²) in [6, 6.07) is 7.53. The average Bonchev–Trinajstić information content (AvgIpc) is 2.60. The van der Waals surface area contributed by atoms with E-state index >= 15 is 0 Å². The van der Waals surface area contributed by atoms with Crippen LogP contribution in [0.5, 0.6) is 0 Å². The molecule has 27 heavy (non-hydrogen) atoms. The predicted octanol–water partition coefficient (Wildman–Crippen LogP) is 3.25. The van der Waals surface area contributed by atoms with Crippen molar-refractivity contribution in [2.45, 2.75) is 51.6 Å². The summed E-state index contributed by atoms with van der Waals surface area (Å²) in [7, 11) is 0. The first kappa shape index (κ1) is 19.2. The van der Waals surface area contributed by atoms with Crippen LogP contribution in [-0.2, 0) is 9.53 Å². The number of likely N-dealkylation sites (tertiary alicyclic amines) is 1. The molecule has 146 valence electrons. The van der Waals surface area contributed by atoms with Crippen LogP contribution in [0.25, 0.3) is 0 Å². The van der Waals surface area contributed by atoms with Crippen molar-refractivity contribution in [2.75, 3.05) is 24.5 Å². The number of rotatable bonds is 2. The van der Waals surface area contributed by atoms with Gasteiger partial charge in [0, 0.05) is 31.7 Å². The van der Waals surface area contributed by atoms with Gasteiger partial charge in [0.25, 0.3) is 0 Å². The number of imide groups is 1. The molecule has 7 heteroatoms. The Labute approximate surface area is 159 Å². The lowest BCUT2D eigenvalue weighted by molar-refractivity contribution is -0.120. The fourth-order valence-electron chi connectivity index (χ4n) is 3.48. The molecule has 0 aromatic heterocycles. The van der Waals surface area contributed by atoms with Crippen molar-refractivity contribution in [3.05, 3.63) is 29.8 Å². The highest BCUT2D eigenvalue weighted by atomic mass is 16.6. The molecule has 2 aliphatic heterocycles. The molecule has 0 radical (unpaired) electrons. The first-order valence-corrected chi connectivity index (χ1v) is 9.42. The van der Waals surface area contributed by atoms with Crippen LogP contribution in [0.3, 0.4) is 0 Å². The topological polar surface area (TPSA) is 79.0 Å². The third kappa shape index (κ3) is 4.78. The normalized spacial score (nSPS) is 19.1. The number of nitrogens with zero attached hydrogens (tertiary/aromatic N) is 2. The number of benzene rings is 1. The number of urea groups is 1. The molecule has 0 bridgehead atoms. The number of hydrogen-bond donors (Lipinski definition) is 1. The second-order valence-electron chi connectivity index (χ2n) is 8.09. The van der Waals surface area contributed by atoms with Gasteiger partial charge in [-0.25, -0.2) is 9.59 Å². The molecule has 2 fully saturated rings. The van der Waals surface area contributed by atoms with Crippen LogP contribution in [-0.4, -0.2) is 48.2 Å². The maximum Gasteiger partial charge on any atom is 0.410 e. The first-order valence-electron chi connectivity index (χ1n) is 9.42. The van der Waals surface area contributed by atoms with Gasteiger partial charge in [-0.05, 0) is 57.2 Å². The molecular formula is C20H27N3O4. The summed E-state index contributed by atoms with van der Waals surface area (Å²) in [6.45, 7) is 7.31. The molecular weight excluding hydrogens is 346 g/mol. The van der Waals surface area contributed by atoms with Crippen LogP contribution in [0.2, 0.25) is 0 Å². The maximum atomic E-state index is 12.2. The molecule has 0 aliphatic carbocycles. The van der Waals surface area contributed by atoms with E-state index in [1.807, 2.05) is 39.0 Å². The zero-order valence-electron chi connectivity index (χ0n) is 16.2. The van der Waals surface area contributed by atoms with Crippen LogP contribution in [0, 0.1) is 0 Å². The van der Waals surface area contributed by atoms with Gasteiger partial charge in [0.1, 0.15) is 5.60 Å². The molecule has 0 spiro atoms. The van der Waals surface area contributed by atoms with Crippen LogP contribution in [0.1, 0.15) is 51.5 Å². The largest absolute Gasteiger partial charge is 0.444 e. The molecule has 1 N–H and O–H groups in total. The van der Waals surface area contributed by atoms with Gasteiger partial charge in [-0.1, -0.05) is 12.1 Å². The van der Waals surface area contributed by atoms with Crippen molar-refractivity contribution in [3.8, 4) is 0 Å². The fraction of sp³-hybridized carbons (Fsp3) is 0.550. The monoisotopic (exact) mass is 373 g/mol. The zero-order chi connectivity index (χ0) is 19.6. The minimum absolute atomic E-state index is 0.234. The van der Waals surface area contributed by atoms with Gasteiger partial charge in [-0.2, -0.15) is 0 Å². The molecule has 0 saturated carbocycles. The highest BCUT2D eigenvalue weighted by molar-refractivity contribution is 6.05. The maximum absolute atomic E-state index is 12.2. The number of amides is 4. The van der Waals surface area contributed by atoms with E-state index in [-0.39, 0.29) is 18.0 Å². The number of nitrogens with one attached hydrogen (secondary N) is 1. The van der Waals surface area contributed by atoms with Crippen molar-refractivity contribution in [1.29, 1.82) is 0 Å². The van der Waals surface area contributed by atoms with Crippen LogP contribution in [0.4, 0.5) is 15.3 Å². The molecule has 0 atom stereocenters. The highest BCUT2D eigenvalue weighted by Crippen LogP contribution is 2.31. The SMILES string of the molecule is CC(C)(C)OC(=O)N1CCC(c2cccc(N3CCC(=O)NC3=O)c2)CC1. The van der Waals surface area contributed by atoms with Gasteiger partial charge in [0.2, 0.25) is 5.91 Å². The highest BCUT2D eigenvalue weighted by Gasteiger charge is 2.28. The smallest absolute Gasteiger partial charge is 0.410 e. The van der Waals surface area contributed by atoms with E-state index in [0.717, 1.165) is 24.1 Å². The van der Waals surface area contributed by atoms with Crippen molar-refractivity contribution in [1.82, 2.24) is 10.2 Å². The molecule has 2 saturated heterocycles. The van der Waals surface area contributed by atoms with E-state index in [0.29, 0.717) is 32.0 Å². The van der Waals surface area contributed by atoms with Gasteiger partial charge in [-0.3, -0.25) is 15.0 Å². The Morgan fingerprint density at radius 3 is 2.48 bits per heavy atom. The zero-order valence-corrected chi connectivity index (χ0v) is 16.2. The fourth-order valence-corrected chi connectivity index (χ4v) is 3.48. The van der Waals surface area contributed by atoms with Gasteiger partial charge < -0.3 is 9.64 Å². The Hall–Kier alpha value is -2.57. The van der Waals surface area contributed by atoms with E-state index in [2.05, 4.69) is 11.4 Å². The van der Waals surface area contributed by atoms with Crippen molar-refractivity contribution in [3.63, 3.8) is 0 Å². The lowest BCUT2D eigenvalue weighted by Gasteiger charge is -2.34. The van der Waals surface area contributed by atoms with Crippen LogP contribution in [0.15, 0.2) is 24.3 Å². The minimum atomic E-state index is -0.487. The number of ether oxygens (including phenoxy) is 1. The summed E-state index contributed by atoms with van der Waals surface area (Å²) in [6.07, 6.45) is 1.76. The number of anilines is 1. The molecule has 1 aromatic carbocycles. The Kier molecular flexibility index (Phi) is 5.39. The lowest BCUT2D eigenvalue weighted by Crippen LogP contribution is -2.49. The molecule has 7 nitrogen and oxygen atoms in total. The summed E-state index contributed by atoms with van der Waals surface area (Å²) in [5, 5.41) is 2.35. The summed E-state index contributed by atoms with van der Waals surface area (Å²) in [5.41, 5.74) is 1.46. The lowest BCUT2D eigenvalue weighted by atomic mass is 9.89. The second kappa shape index (κ2) is 7.58. The average molecular weight is 373 g/mol. The molecule has 4 amide bonds. The number of piperidine rings is 1. The second-order valence-corrected chi connectivity index (χ2v) is 8.09. The molecule has 3 rings (SSSR count). The first-order chi connectivity index (χ1) is 12.7. The van der Waals surface area contributed by atoms with Gasteiger partial charge in [0.15, 0.2) is 0 Å². The summed E-state index contributed by atoms with van der Waals surface area (Å²) in [5.74, 6) is 0.0973. The van der Waals surface area contributed by atoms with Gasteiger partial charge in [0.05, 0.1) is 0 Å². The van der Waals surface area contributed by atoms with Gasteiger partial charge in [-0.15, -0.1) is 0 Å². The van der Waals surface area contributed by atoms with Crippen LogP contribution >= 0.6 is 0 Å². The Morgan fingerprint density at radius 2 is 1.85 bits per heavy atom. The van der Waals surface area contributed by atoms with Crippen molar-refractivity contribution < 1.29 is 19.1 Å². The van der Waals surface area contributed by atoms with E-state index in [1.54, 1.807) is 9.80 Å². The Balaban J connectivity index is 1.63. The molecule has 2 aliphatic rings. The number of hydrogen-bond acceptors (Lipinski definition) is 4. The van der Waals surface area contributed by atoms with Crippen molar-refractivity contribution >= 4 is 23.7 Å². The van der Waals surface area contributed by atoms with E-state index in [4.69, 9.17) is 4.74 Å². The third-order valence-corrected chi connectivity index (χ3v) is 4.85. The molecule has 1 aromatic rings.